The fraction of sp³-hybridized carbons (Fsp3) is 0.923. The second kappa shape index (κ2) is 5.45. The maximum Gasteiger partial charge on any atom is 0.407 e. The molecule has 0 radical (unpaired) electrons. The number of carbonyl (C=O) groups is 1. The molecular weight excluding hydrogens is 232 g/mol. The lowest BCUT2D eigenvalue weighted by atomic mass is 9.82. The number of likely N-dealkylation sites (tertiary alicyclic amines) is 1. The summed E-state index contributed by atoms with van der Waals surface area (Å²) < 4.78 is 5.35. The van der Waals surface area contributed by atoms with Crippen LogP contribution in [0.15, 0.2) is 0 Å². The van der Waals surface area contributed by atoms with E-state index in [1.54, 1.807) is 4.90 Å². The predicted octanol–water partition coefficient (Wildman–Crippen LogP) is 1.49. The molecule has 0 aromatic heterocycles. The van der Waals surface area contributed by atoms with Gasteiger partial charge in [0.2, 0.25) is 0 Å². The molecule has 1 amide bonds. The van der Waals surface area contributed by atoms with Crippen LogP contribution in [-0.2, 0) is 4.74 Å². The minimum atomic E-state index is -0.787. The van der Waals surface area contributed by atoms with Crippen LogP contribution in [-0.4, -0.2) is 65.9 Å². The molecule has 0 aromatic carbocycles. The number of rotatable bonds is 2. The van der Waals surface area contributed by atoms with E-state index in [2.05, 4.69) is 4.90 Å². The average molecular weight is 256 g/mol. The lowest BCUT2D eigenvalue weighted by molar-refractivity contribution is 0.00721. The van der Waals surface area contributed by atoms with Gasteiger partial charge in [0.1, 0.15) is 0 Å². The maximum absolute atomic E-state index is 11.2. The van der Waals surface area contributed by atoms with Gasteiger partial charge in [0.15, 0.2) is 0 Å². The first-order valence-electron chi connectivity index (χ1n) is 6.80. The Morgan fingerprint density at radius 1 is 1.33 bits per heavy atom. The van der Waals surface area contributed by atoms with E-state index >= 15 is 0 Å². The number of hydrogen-bond donors (Lipinski definition) is 1. The summed E-state index contributed by atoms with van der Waals surface area (Å²) in [5, 5.41) is 9.18. The first kappa shape index (κ1) is 13.6. The first-order chi connectivity index (χ1) is 8.49. The van der Waals surface area contributed by atoms with Gasteiger partial charge < -0.3 is 14.7 Å². The molecular formula is C13H24N2O3. The molecule has 0 unspecified atom stereocenters. The molecule has 0 saturated carbocycles. The number of ether oxygens (including phenoxy) is 1. The van der Waals surface area contributed by atoms with Gasteiger partial charge in [-0.1, -0.05) is 0 Å². The standard InChI is InChI=1S/C13H24N2O3/c1-13(2)9-11(3-4-15(13)12(16)17)10-14-5-7-18-8-6-14/h11H,3-10H2,1-2H3,(H,16,17)/t11-/m1/s1. The average Bonchev–Trinajstić information content (AvgIpc) is 2.28. The predicted molar refractivity (Wildman–Crippen MR) is 68.8 cm³/mol. The van der Waals surface area contributed by atoms with Crippen molar-refractivity contribution in [3.8, 4) is 0 Å². The van der Waals surface area contributed by atoms with Crippen molar-refractivity contribution in [1.29, 1.82) is 0 Å². The van der Waals surface area contributed by atoms with Gasteiger partial charge in [-0.2, -0.15) is 0 Å². The summed E-state index contributed by atoms with van der Waals surface area (Å²) in [7, 11) is 0. The van der Waals surface area contributed by atoms with Gasteiger partial charge >= 0.3 is 6.09 Å². The molecule has 0 spiro atoms. The SMILES string of the molecule is CC1(C)C[C@H](CN2CCOCC2)CCN1C(=O)O. The zero-order chi connectivity index (χ0) is 13.2. The Hall–Kier alpha value is -0.810. The summed E-state index contributed by atoms with van der Waals surface area (Å²) in [6.45, 7) is 9.50. The van der Waals surface area contributed by atoms with Crippen LogP contribution in [0.5, 0.6) is 0 Å². The lowest BCUT2D eigenvalue weighted by Crippen LogP contribution is -2.54. The summed E-state index contributed by atoms with van der Waals surface area (Å²) in [5.41, 5.74) is -0.235. The molecule has 0 aromatic rings. The number of amides is 1. The van der Waals surface area contributed by atoms with Gasteiger partial charge in [-0.05, 0) is 32.6 Å². The normalized spacial score (nSPS) is 29.2. The molecule has 18 heavy (non-hydrogen) atoms. The smallest absolute Gasteiger partial charge is 0.407 e. The van der Waals surface area contributed by atoms with Crippen LogP contribution >= 0.6 is 0 Å². The summed E-state index contributed by atoms with van der Waals surface area (Å²) in [5.74, 6) is 0.605. The van der Waals surface area contributed by atoms with Gasteiger partial charge in [-0.3, -0.25) is 4.90 Å². The van der Waals surface area contributed by atoms with Crippen molar-refractivity contribution in [3.05, 3.63) is 0 Å². The Morgan fingerprint density at radius 2 is 2.00 bits per heavy atom. The Bertz CT molecular complexity index is 301. The van der Waals surface area contributed by atoms with Crippen molar-refractivity contribution in [3.63, 3.8) is 0 Å². The van der Waals surface area contributed by atoms with Crippen LogP contribution in [0.1, 0.15) is 26.7 Å². The highest BCUT2D eigenvalue weighted by molar-refractivity contribution is 5.66. The van der Waals surface area contributed by atoms with E-state index in [0.29, 0.717) is 12.5 Å². The van der Waals surface area contributed by atoms with Crippen LogP contribution in [0.2, 0.25) is 0 Å². The van der Waals surface area contributed by atoms with E-state index in [0.717, 1.165) is 45.7 Å². The number of nitrogens with zero attached hydrogens (tertiary/aromatic N) is 2. The monoisotopic (exact) mass is 256 g/mol. The quantitative estimate of drug-likeness (QED) is 0.813. The van der Waals surface area contributed by atoms with Crippen molar-refractivity contribution in [2.24, 2.45) is 5.92 Å². The molecule has 1 N–H and O–H groups in total. The Kier molecular flexibility index (Phi) is 4.12. The number of morpholine rings is 1. The fourth-order valence-corrected chi connectivity index (χ4v) is 3.19. The Balaban J connectivity index is 1.87. The first-order valence-corrected chi connectivity index (χ1v) is 6.80. The highest BCUT2D eigenvalue weighted by Crippen LogP contribution is 2.32. The fourth-order valence-electron chi connectivity index (χ4n) is 3.19. The van der Waals surface area contributed by atoms with Crippen molar-refractivity contribution in [2.45, 2.75) is 32.2 Å². The molecule has 2 saturated heterocycles. The van der Waals surface area contributed by atoms with E-state index in [1.165, 1.54) is 0 Å². The minimum Gasteiger partial charge on any atom is -0.465 e. The third-order valence-corrected chi connectivity index (χ3v) is 4.13. The molecule has 0 aliphatic carbocycles. The number of piperidine rings is 1. The van der Waals surface area contributed by atoms with Crippen LogP contribution in [0.4, 0.5) is 4.79 Å². The highest BCUT2D eigenvalue weighted by Gasteiger charge is 2.38. The molecule has 5 heteroatoms. The largest absolute Gasteiger partial charge is 0.465 e. The van der Waals surface area contributed by atoms with Gasteiger partial charge in [-0.25, -0.2) is 4.79 Å². The van der Waals surface area contributed by atoms with E-state index in [-0.39, 0.29) is 5.54 Å². The van der Waals surface area contributed by atoms with E-state index in [9.17, 15) is 9.90 Å². The molecule has 104 valence electrons. The zero-order valence-electron chi connectivity index (χ0n) is 11.4. The van der Waals surface area contributed by atoms with Crippen LogP contribution < -0.4 is 0 Å². The molecule has 5 nitrogen and oxygen atoms in total. The van der Waals surface area contributed by atoms with Crippen molar-refractivity contribution in [1.82, 2.24) is 9.80 Å². The number of hydrogen-bond acceptors (Lipinski definition) is 3. The van der Waals surface area contributed by atoms with Crippen LogP contribution in [0, 0.1) is 5.92 Å². The number of carboxylic acid groups (broad SMARTS) is 1. The van der Waals surface area contributed by atoms with Gasteiger partial charge in [-0.15, -0.1) is 0 Å². The topological polar surface area (TPSA) is 53.0 Å². The van der Waals surface area contributed by atoms with Crippen molar-refractivity contribution < 1.29 is 14.6 Å². The van der Waals surface area contributed by atoms with Crippen molar-refractivity contribution >= 4 is 6.09 Å². The summed E-state index contributed by atoms with van der Waals surface area (Å²) in [6, 6.07) is 0. The molecule has 2 rings (SSSR count). The van der Waals surface area contributed by atoms with Gasteiger partial charge in [0.05, 0.1) is 13.2 Å². The minimum absolute atomic E-state index is 0.235. The molecule has 2 aliphatic rings. The van der Waals surface area contributed by atoms with Crippen LogP contribution in [0.3, 0.4) is 0 Å². The van der Waals surface area contributed by atoms with E-state index in [1.807, 2.05) is 13.8 Å². The third-order valence-electron chi connectivity index (χ3n) is 4.13. The summed E-state index contributed by atoms with van der Waals surface area (Å²) in [4.78, 5) is 15.2. The second-order valence-corrected chi connectivity index (χ2v) is 6.02. The second-order valence-electron chi connectivity index (χ2n) is 6.02. The summed E-state index contributed by atoms with van der Waals surface area (Å²) >= 11 is 0. The van der Waals surface area contributed by atoms with E-state index < -0.39 is 6.09 Å². The Morgan fingerprint density at radius 3 is 2.56 bits per heavy atom. The van der Waals surface area contributed by atoms with Crippen molar-refractivity contribution in [2.75, 3.05) is 39.4 Å². The van der Waals surface area contributed by atoms with Crippen LogP contribution in [0.25, 0.3) is 0 Å². The molecule has 0 bridgehead atoms. The van der Waals surface area contributed by atoms with E-state index in [4.69, 9.17) is 4.74 Å². The molecule has 2 heterocycles. The maximum atomic E-state index is 11.2. The highest BCUT2D eigenvalue weighted by atomic mass is 16.5. The zero-order valence-corrected chi connectivity index (χ0v) is 11.4. The van der Waals surface area contributed by atoms with Gasteiger partial charge in [0.25, 0.3) is 0 Å². The van der Waals surface area contributed by atoms with Gasteiger partial charge in [0, 0.05) is 31.7 Å². The molecule has 2 aliphatic heterocycles. The molecule has 2 fully saturated rings. The lowest BCUT2D eigenvalue weighted by Gasteiger charge is -2.45. The Labute approximate surface area is 109 Å². The molecule has 1 atom stereocenters. The third kappa shape index (κ3) is 3.14. The summed E-state index contributed by atoms with van der Waals surface area (Å²) in [6.07, 6.45) is 1.15.